The molecule has 0 bridgehead atoms. The number of carboxylic acid groups (broad SMARTS) is 1. The Balaban J connectivity index is 0.00000196. The van der Waals surface area contributed by atoms with Gasteiger partial charge in [-0.3, -0.25) is 4.79 Å². The van der Waals surface area contributed by atoms with E-state index in [2.05, 4.69) is 5.32 Å². The number of benzene rings is 1. The minimum Gasteiger partial charge on any atom is -0.481 e. The normalized spacial score (nSPS) is 11.5. The van der Waals surface area contributed by atoms with Crippen LogP contribution in [0.5, 0.6) is 0 Å². The fourth-order valence-electron chi connectivity index (χ4n) is 1.39. The van der Waals surface area contributed by atoms with Gasteiger partial charge >= 0.3 is 5.97 Å². The SMILES string of the molecule is CNC[C@@H](Cc1ccccc1)C(=O)O.Cl. The summed E-state index contributed by atoms with van der Waals surface area (Å²) < 4.78 is 0. The molecule has 0 aliphatic rings. The molecule has 84 valence electrons. The number of rotatable bonds is 5. The average Bonchev–Trinajstić information content (AvgIpc) is 2.18. The third kappa shape index (κ3) is 4.81. The van der Waals surface area contributed by atoms with Crippen molar-refractivity contribution in [1.29, 1.82) is 0 Å². The summed E-state index contributed by atoms with van der Waals surface area (Å²) in [5, 5.41) is 11.8. The van der Waals surface area contributed by atoms with Gasteiger partial charge < -0.3 is 10.4 Å². The summed E-state index contributed by atoms with van der Waals surface area (Å²) in [6.45, 7) is 0.504. The highest BCUT2D eigenvalue weighted by molar-refractivity contribution is 5.85. The van der Waals surface area contributed by atoms with Gasteiger partial charge in [-0.2, -0.15) is 0 Å². The van der Waals surface area contributed by atoms with Crippen molar-refractivity contribution in [2.24, 2.45) is 5.92 Å². The van der Waals surface area contributed by atoms with E-state index in [-0.39, 0.29) is 18.3 Å². The Bertz CT molecular complexity index is 290. The Morgan fingerprint density at radius 2 is 2.00 bits per heavy atom. The third-order valence-corrected chi connectivity index (χ3v) is 2.12. The van der Waals surface area contributed by atoms with E-state index in [0.29, 0.717) is 13.0 Å². The zero-order chi connectivity index (χ0) is 10.4. The van der Waals surface area contributed by atoms with Crippen molar-refractivity contribution in [3.8, 4) is 0 Å². The van der Waals surface area contributed by atoms with Crippen molar-refractivity contribution >= 4 is 18.4 Å². The number of halogens is 1. The molecule has 0 heterocycles. The quantitative estimate of drug-likeness (QED) is 0.806. The molecule has 0 fully saturated rings. The first-order chi connectivity index (χ1) is 6.74. The first kappa shape index (κ1) is 13.9. The highest BCUT2D eigenvalue weighted by Crippen LogP contribution is 2.08. The fourth-order valence-corrected chi connectivity index (χ4v) is 1.39. The molecule has 0 radical (unpaired) electrons. The van der Waals surface area contributed by atoms with E-state index in [0.717, 1.165) is 5.56 Å². The molecule has 0 saturated heterocycles. The first-order valence-electron chi connectivity index (χ1n) is 4.65. The Morgan fingerprint density at radius 1 is 1.40 bits per heavy atom. The molecular weight excluding hydrogens is 214 g/mol. The maximum Gasteiger partial charge on any atom is 0.308 e. The number of hydrogen-bond donors (Lipinski definition) is 2. The summed E-state index contributed by atoms with van der Waals surface area (Å²) in [5.74, 6) is -1.09. The highest BCUT2D eigenvalue weighted by Gasteiger charge is 2.16. The van der Waals surface area contributed by atoms with Crippen LogP contribution in [0.15, 0.2) is 30.3 Å². The van der Waals surface area contributed by atoms with Crippen molar-refractivity contribution in [3.05, 3.63) is 35.9 Å². The summed E-state index contributed by atoms with van der Waals surface area (Å²) >= 11 is 0. The van der Waals surface area contributed by atoms with E-state index in [1.165, 1.54) is 0 Å². The molecule has 0 unspecified atom stereocenters. The van der Waals surface area contributed by atoms with Gasteiger partial charge in [0, 0.05) is 6.54 Å². The average molecular weight is 230 g/mol. The molecule has 0 amide bonds. The number of carbonyl (C=O) groups is 1. The number of aliphatic carboxylic acids is 1. The summed E-state index contributed by atoms with van der Waals surface area (Å²) in [6, 6.07) is 9.68. The Labute approximate surface area is 95.9 Å². The lowest BCUT2D eigenvalue weighted by atomic mass is 9.99. The van der Waals surface area contributed by atoms with Crippen molar-refractivity contribution < 1.29 is 9.90 Å². The molecule has 1 atom stereocenters. The first-order valence-corrected chi connectivity index (χ1v) is 4.65. The zero-order valence-corrected chi connectivity index (χ0v) is 9.46. The molecule has 1 aromatic carbocycles. The van der Waals surface area contributed by atoms with Crippen LogP contribution in [0.4, 0.5) is 0 Å². The highest BCUT2D eigenvalue weighted by atomic mass is 35.5. The van der Waals surface area contributed by atoms with Gasteiger partial charge in [0.05, 0.1) is 5.92 Å². The van der Waals surface area contributed by atoms with E-state index >= 15 is 0 Å². The van der Waals surface area contributed by atoms with Crippen molar-refractivity contribution in [1.82, 2.24) is 5.32 Å². The monoisotopic (exact) mass is 229 g/mol. The van der Waals surface area contributed by atoms with Gasteiger partial charge in [0.2, 0.25) is 0 Å². The second kappa shape index (κ2) is 7.26. The van der Waals surface area contributed by atoms with Crippen molar-refractivity contribution in [3.63, 3.8) is 0 Å². The zero-order valence-electron chi connectivity index (χ0n) is 8.64. The smallest absolute Gasteiger partial charge is 0.308 e. The molecule has 4 heteroatoms. The number of hydrogen-bond acceptors (Lipinski definition) is 2. The third-order valence-electron chi connectivity index (χ3n) is 2.12. The number of nitrogens with one attached hydrogen (secondary N) is 1. The van der Waals surface area contributed by atoms with Crippen LogP contribution in [0.25, 0.3) is 0 Å². The van der Waals surface area contributed by atoms with Gasteiger partial charge in [0.1, 0.15) is 0 Å². The molecule has 0 aliphatic carbocycles. The van der Waals surface area contributed by atoms with Crippen LogP contribution in [-0.2, 0) is 11.2 Å². The molecule has 2 N–H and O–H groups in total. The van der Waals surface area contributed by atoms with E-state index in [1.807, 2.05) is 30.3 Å². The summed E-state index contributed by atoms with van der Waals surface area (Å²) in [4.78, 5) is 10.9. The van der Waals surface area contributed by atoms with Gasteiger partial charge in [-0.1, -0.05) is 30.3 Å². The van der Waals surface area contributed by atoms with E-state index in [9.17, 15) is 4.79 Å². The molecule has 0 aliphatic heterocycles. The molecule has 3 nitrogen and oxygen atoms in total. The Morgan fingerprint density at radius 3 is 2.47 bits per heavy atom. The molecule has 1 rings (SSSR count). The lowest BCUT2D eigenvalue weighted by Crippen LogP contribution is -2.27. The van der Waals surface area contributed by atoms with Crippen LogP contribution in [0, 0.1) is 5.92 Å². The number of carboxylic acids is 1. The second-order valence-electron chi connectivity index (χ2n) is 3.28. The van der Waals surface area contributed by atoms with Gasteiger partial charge in [0.25, 0.3) is 0 Å². The van der Waals surface area contributed by atoms with Gasteiger partial charge in [-0.25, -0.2) is 0 Å². The maximum atomic E-state index is 10.9. The van der Waals surface area contributed by atoms with E-state index < -0.39 is 5.97 Å². The maximum absolute atomic E-state index is 10.9. The van der Waals surface area contributed by atoms with Crippen LogP contribution < -0.4 is 5.32 Å². The standard InChI is InChI=1S/C11H15NO2.ClH/c1-12-8-10(11(13)14)7-9-5-3-2-4-6-9;/h2-6,10,12H,7-8H2,1H3,(H,13,14);1H/t10-;/m1./s1. The van der Waals surface area contributed by atoms with Crippen LogP contribution in [0.1, 0.15) is 5.56 Å². The van der Waals surface area contributed by atoms with Crippen LogP contribution >= 0.6 is 12.4 Å². The molecular formula is C11H16ClNO2. The van der Waals surface area contributed by atoms with Gasteiger partial charge in [-0.05, 0) is 19.0 Å². The van der Waals surface area contributed by atoms with Gasteiger partial charge in [0.15, 0.2) is 0 Å². The van der Waals surface area contributed by atoms with Crippen molar-refractivity contribution in [2.75, 3.05) is 13.6 Å². The lowest BCUT2D eigenvalue weighted by molar-refractivity contribution is -0.141. The predicted octanol–water partition coefficient (Wildman–Crippen LogP) is 1.57. The molecule has 0 saturated carbocycles. The van der Waals surface area contributed by atoms with Crippen LogP contribution in [0.2, 0.25) is 0 Å². The second-order valence-corrected chi connectivity index (χ2v) is 3.28. The van der Waals surface area contributed by atoms with E-state index in [1.54, 1.807) is 7.05 Å². The lowest BCUT2D eigenvalue weighted by Gasteiger charge is -2.11. The molecule has 0 spiro atoms. The topological polar surface area (TPSA) is 49.3 Å². The minimum atomic E-state index is -0.747. The summed E-state index contributed by atoms with van der Waals surface area (Å²) in [7, 11) is 1.76. The Hall–Kier alpha value is -1.06. The Kier molecular flexibility index (Phi) is 6.75. The van der Waals surface area contributed by atoms with Crippen molar-refractivity contribution in [2.45, 2.75) is 6.42 Å². The molecule has 0 aromatic heterocycles. The predicted molar refractivity (Wildman–Crippen MR) is 62.4 cm³/mol. The fraction of sp³-hybridized carbons (Fsp3) is 0.364. The summed E-state index contributed by atoms with van der Waals surface area (Å²) in [5.41, 5.74) is 1.06. The van der Waals surface area contributed by atoms with Gasteiger partial charge in [-0.15, -0.1) is 12.4 Å². The van der Waals surface area contributed by atoms with Crippen LogP contribution in [-0.4, -0.2) is 24.7 Å². The molecule has 15 heavy (non-hydrogen) atoms. The molecule has 1 aromatic rings. The minimum absolute atomic E-state index is 0. The summed E-state index contributed by atoms with van der Waals surface area (Å²) in [6.07, 6.45) is 0.580. The van der Waals surface area contributed by atoms with Crippen LogP contribution in [0.3, 0.4) is 0 Å². The largest absolute Gasteiger partial charge is 0.481 e. The van der Waals surface area contributed by atoms with E-state index in [4.69, 9.17) is 5.11 Å².